The zero-order chi connectivity index (χ0) is 19.7. The van der Waals surface area contributed by atoms with Crippen molar-refractivity contribution >= 4 is 11.9 Å². The van der Waals surface area contributed by atoms with Gasteiger partial charge in [-0.15, -0.1) is 0 Å². The standard InChI is InChI=1S/2C9H11NO3.Mn/c2*10-8(9(12)13)5-6-1-3-7(11)4-2-6;/h2*1-4,8,11H,5,10H2,(H,12,13);. The van der Waals surface area contributed by atoms with Crippen molar-refractivity contribution in [3.8, 4) is 11.5 Å². The molecule has 0 aromatic heterocycles. The van der Waals surface area contributed by atoms with Gasteiger partial charge in [-0.25, -0.2) is 0 Å². The molecule has 0 amide bonds. The number of aliphatic carboxylic acids is 2. The van der Waals surface area contributed by atoms with Gasteiger partial charge in [-0.3, -0.25) is 9.59 Å². The Morgan fingerprint density at radius 3 is 1.19 bits per heavy atom. The minimum Gasteiger partial charge on any atom is -0.508 e. The van der Waals surface area contributed by atoms with Gasteiger partial charge in [0.05, 0.1) is 0 Å². The summed E-state index contributed by atoms with van der Waals surface area (Å²) >= 11 is 0. The Morgan fingerprint density at radius 1 is 0.704 bits per heavy atom. The maximum atomic E-state index is 10.4. The van der Waals surface area contributed by atoms with Crippen molar-refractivity contribution in [1.82, 2.24) is 0 Å². The Morgan fingerprint density at radius 2 is 0.963 bits per heavy atom. The molecule has 2 aromatic rings. The summed E-state index contributed by atoms with van der Waals surface area (Å²) in [6.07, 6.45) is 0.547. The molecule has 8 N–H and O–H groups in total. The van der Waals surface area contributed by atoms with Crippen molar-refractivity contribution in [3.63, 3.8) is 0 Å². The molecule has 0 bridgehead atoms. The normalized spacial score (nSPS) is 11.9. The van der Waals surface area contributed by atoms with Gasteiger partial charge in [-0.05, 0) is 48.2 Å². The van der Waals surface area contributed by atoms with Crippen LogP contribution >= 0.6 is 0 Å². The van der Waals surface area contributed by atoms with Crippen molar-refractivity contribution in [2.75, 3.05) is 0 Å². The SMILES string of the molecule is NC(Cc1ccc(O)cc1)C(=O)O.NC(Cc1ccc(O)cc1)C(=O)O.[Mn]. The Labute approximate surface area is 166 Å². The van der Waals surface area contributed by atoms with Crippen LogP contribution in [0.2, 0.25) is 0 Å². The fourth-order valence-corrected chi connectivity index (χ4v) is 1.95. The van der Waals surface area contributed by atoms with E-state index in [9.17, 15) is 9.59 Å². The minimum absolute atomic E-state index is 0. The van der Waals surface area contributed by atoms with Gasteiger partial charge in [0.2, 0.25) is 0 Å². The summed E-state index contributed by atoms with van der Waals surface area (Å²) in [5, 5.41) is 35.0. The van der Waals surface area contributed by atoms with E-state index in [0.717, 1.165) is 11.1 Å². The van der Waals surface area contributed by atoms with Crippen LogP contribution in [0.4, 0.5) is 0 Å². The number of rotatable bonds is 6. The second kappa shape index (κ2) is 11.9. The van der Waals surface area contributed by atoms with E-state index in [1.807, 2.05) is 0 Å². The van der Waals surface area contributed by atoms with E-state index in [-0.39, 0.29) is 41.4 Å². The summed E-state index contributed by atoms with van der Waals surface area (Å²) in [6, 6.07) is 10.8. The summed E-state index contributed by atoms with van der Waals surface area (Å²) < 4.78 is 0. The number of phenolic OH excluding ortho intramolecular Hbond substituents is 2. The molecule has 8 nitrogen and oxygen atoms in total. The topological polar surface area (TPSA) is 167 Å². The first-order valence-electron chi connectivity index (χ1n) is 7.71. The molecule has 147 valence electrons. The third-order valence-corrected chi connectivity index (χ3v) is 3.42. The first-order chi connectivity index (χ1) is 12.2. The van der Waals surface area contributed by atoms with E-state index in [2.05, 4.69) is 0 Å². The number of hydrogen-bond acceptors (Lipinski definition) is 6. The molecule has 0 saturated carbocycles. The number of carbonyl (C=O) groups is 2. The van der Waals surface area contributed by atoms with Crippen molar-refractivity contribution < 1.29 is 47.1 Å². The first kappa shape index (κ1) is 24.4. The number of nitrogens with two attached hydrogens (primary N) is 2. The quantitative estimate of drug-likeness (QED) is 0.373. The zero-order valence-corrected chi connectivity index (χ0v) is 15.5. The Bertz CT molecular complexity index is 658. The number of hydrogen-bond donors (Lipinski definition) is 6. The van der Waals surface area contributed by atoms with E-state index >= 15 is 0 Å². The van der Waals surface area contributed by atoms with Gasteiger partial charge in [0.1, 0.15) is 23.6 Å². The zero-order valence-electron chi connectivity index (χ0n) is 14.3. The molecule has 0 spiro atoms. The molecule has 27 heavy (non-hydrogen) atoms. The van der Waals surface area contributed by atoms with Crippen molar-refractivity contribution in [1.29, 1.82) is 0 Å². The Hall–Kier alpha value is -2.58. The van der Waals surface area contributed by atoms with Crippen molar-refractivity contribution in [3.05, 3.63) is 59.7 Å². The van der Waals surface area contributed by atoms with Crippen LogP contribution in [-0.2, 0) is 39.5 Å². The summed E-state index contributed by atoms with van der Waals surface area (Å²) in [5.74, 6) is -1.72. The van der Waals surface area contributed by atoms with Crippen LogP contribution in [0, 0.1) is 0 Å². The molecule has 0 aliphatic carbocycles. The predicted octanol–water partition coefficient (Wildman–Crippen LogP) is 0.691. The Kier molecular flexibility index (Phi) is 10.8. The number of aromatic hydroxyl groups is 2. The molecular weight excluding hydrogens is 395 g/mol. The molecule has 2 atom stereocenters. The third-order valence-electron chi connectivity index (χ3n) is 3.42. The molecule has 0 heterocycles. The molecule has 0 aliphatic rings. The van der Waals surface area contributed by atoms with Crippen LogP contribution in [0.1, 0.15) is 11.1 Å². The van der Waals surface area contributed by atoms with Gasteiger partial charge in [0.15, 0.2) is 0 Å². The predicted molar refractivity (Wildman–Crippen MR) is 94.8 cm³/mol. The summed E-state index contributed by atoms with van der Waals surface area (Å²) in [4.78, 5) is 20.8. The maximum absolute atomic E-state index is 10.4. The second-order valence-electron chi connectivity index (χ2n) is 5.63. The molecule has 2 rings (SSSR count). The summed E-state index contributed by atoms with van der Waals surface area (Å²) in [7, 11) is 0. The van der Waals surface area contributed by atoms with Crippen LogP contribution in [0.25, 0.3) is 0 Å². The smallest absolute Gasteiger partial charge is 0.320 e. The fourth-order valence-electron chi connectivity index (χ4n) is 1.95. The molecule has 9 heteroatoms. The van der Waals surface area contributed by atoms with E-state index < -0.39 is 24.0 Å². The van der Waals surface area contributed by atoms with Crippen LogP contribution in [0.3, 0.4) is 0 Å². The van der Waals surface area contributed by atoms with E-state index in [4.69, 9.17) is 31.9 Å². The Balaban J connectivity index is 0.000000483. The van der Waals surface area contributed by atoms with Gasteiger partial charge in [0.25, 0.3) is 0 Å². The minimum atomic E-state index is -1.02. The molecule has 0 aliphatic heterocycles. The molecule has 1 radical (unpaired) electrons. The van der Waals surface area contributed by atoms with Crippen LogP contribution in [0.15, 0.2) is 48.5 Å². The van der Waals surface area contributed by atoms with Crippen LogP contribution in [-0.4, -0.2) is 44.4 Å². The summed E-state index contributed by atoms with van der Waals surface area (Å²) in [5.41, 5.74) is 12.2. The van der Waals surface area contributed by atoms with Gasteiger partial charge in [-0.1, -0.05) is 24.3 Å². The molecular formula is C18H22MnN2O6. The number of carboxylic acid groups (broad SMARTS) is 2. The van der Waals surface area contributed by atoms with Gasteiger partial charge in [-0.2, -0.15) is 0 Å². The molecule has 0 saturated heterocycles. The van der Waals surface area contributed by atoms with E-state index in [1.54, 1.807) is 24.3 Å². The van der Waals surface area contributed by atoms with Crippen molar-refractivity contribution in [2.24, 2.45) is 11.5 Å². The number of benzene rings is 2. The van der Waals surface area contributed by atoms with Crippen LogP contribution in [0.5, 0.6) is 11.5 Å². The fraction of sp³-hybridized carbons (Fsp3) is 0.222. The van der Waals surface area contributed by atoms with Gasteiger partial charge in [0, 0.05) is 17.1 Å². The molecule has 0 fully saturated rings. The largest absolute Gasteiger partial charge is 0.508 e. The number of carboxylic acids is 2. The molecule has 2 aromatic carbocycles. The second-order valence-corrected chi connectivity index (χ2v) is 5.63. The summed E-state index contributed by atoms with van der Waals surface area (Å²) in [6.45, 7) is 0. The van der Waals surface area contributed by atoms with Gasteiger partial charge < -0.3 is 31.9 Å². The average molecular weight is 417 g/mol. The maximum Gasteiger partial charge on any atom is 0.320 e. The van der Waals surface area contributed by atoms with E-state index in [1.165, 1.54) is 24.3 Å². The van der Waals surface area contributed by atoms with Crippen LogP contribution < -0.4 is 11.5 Å². The van der Waals surface area contributed by atoms with Gasteiger partial charge >= 0.3 is 11.9 Å². The number of phenols is 2. The first-order valence-corrected chi connectivity index (χ1v) is 7.71. The monoisotopic (exact) mass is 417 g/mol. The van der Waals surface area contributed by atoms with Crippen molar-refractivity contribution in [2.45, 2.75) is 24.9 Å². The average Bonchev–Trinajstić information content (AvgIpc) is 2.59. The molecule has 2 unspecified atom stereocenters. The third kappa shape index (κ3) is 9.62. The van der Waals surface area contributed by atoms with E-state index in [0.29, 0.717) is 0 Å².